The van der Waals surface area contributed by atoms with Crippen LogP contribution in [-0.4, -0.2) is 107 Å². The summed E-state index contributed by atoms with van der Waals surface area (Å²) in [6, 6.07) is 8.54. The Labute approximate surface area is 284 Å². The van der Waals surface area contributed by atoms with Gasteiger partial charge in [0.2, 0.25) is 7.85 Å². The van der Waals surface area contributed by atoms with Gasteiger partial charge in [-0.25, -0.2) is 30.9 Å². The quantitative estimate of drug-likeness (QED) is 0.112. The first-order valence-corrected chi connectivity index (χ1v) is 16.5. The number of anilines is 2. The lowest BCUT2D eigenvalue weighted by Gasteiger charge is -2.37. The van der Waals surface area contributed by atoms with E-state index in [1.165, 1.54) is 18.3 Å². The molecular formula is C30H30BF2N5O11S. The van der Waals surface area contributed by atoms with Crippen molar-refractivity contribution < 1.29 is 61.7 Å². The number of ether oxygens (including phenoxy) is 3. The molecule has 4 heterocycles. The van der Waals surface area contributed by atoms with Crippen LogP contribution in [0.2, 0.25) is 0 Å². The van der Waals surface area contributed by atoms with Crippen molar-refractivity contribution >= 4 is 46.3 Å². The summed E-state index contributed by atoms with van der Waals surface area (Å²) >= 11 is 0. The van der Waals surface area contributed by atoms with Crippen LogP contribution in [0.25, 0.3) is 11.0 Å². The number of pyridine rings is 1. The fourth-order valence-corrected chi connectivity index (χ4v) is 7.43. The van der Waals surface area contributed by atoms with E-state index in [0.29, 0.717) is 36.9 Å². The highest BCUT2D eigenvalue weighted by Crippen LogP contribution is 2.44. The number of carbonyl (C=O) groups excluding carboxylic acids is 1. The standard InChI is InChI=1S/C30H30BF2N5O11S/c1-2-36-25-17(15-37(28(36)39)26-23(32)21(48-29(31,40)41)13-22(24(26)33)49-30(42,43)44)14-34-27-20(25)12-18(16-35-8-10-47-11-9-35)38(27)50(45,46)19-6-4-3-5-7-19/h3-7,12-14,40-44H,2,8-11,15-16H2,1H3. The summed E-state index contributed by atoms with van der Waals surface area (Å²) in [5.74, 6) is -9.47. The smallest absolute Gasteiger partial charge is 0.446 e. The van der Waals surface area contributed by atoms with Crippen molar-refractivity contribution in [1.82, 2.24) is 13.9 Å². The molecule has 50 heavy (non-hydrogen) atoms. The van der Waals surface area contributed by atoms with Gasteiger partial charge in [-0.1, -0.05) is 18.2 Å². The Balaban J connectivity index is 1.53. The Morgan fingerprint density at radius 1 is 0.980 bits per heavy atom. The molecule has 16 nitrogen and oxygen atoms in total. The molecule has 0 bridgehead atoms. The zero-order valence-corrected chi connectivity index (χ0v) is 27.0. The van der Waals surface area contributed by atoms with Crippen LogP contribution in [0.3, 0.4) is 0 Å². The van der Waals surface area contributed by atoms with Crippen LogP contribution in [0.5, 0.6) is 11.5 Å². The third-order valence-electron chi connectivity index (χ3n) is 7.94. The fraction of sp³-hybridized carbons (Fsp3) is 0.333. The average molecular weight is 717 g/mol. The predicted molar refractivity (Wildman–Crippen MR) is 169 cm³/mol. The molecule has 0 unspecified atom stereocenters. The monoisotopic (exact) mass is 717 g/mol. The number of nitrogens with zero attached hydrogens (tertiary/aromatic N) is 5. The molecule has 4 aromatic rings. The molecule has 0 atom stereocenters. The fourth-order valence-electron chi connectivity index (χ4n) is 5.92. The SMILES string of the molecule is [B]C(O)(O)Oc1cc(OC(O)(O)O)c(F)c(N2Cc3cnc4c(cc(CN5CCOCC5)n4S(=O)(=O)c4ccccc4)c3N(CC)C2=O)c1F. The molecule has 1 saturated heterocycles. The van der Waals surface area contributed by atoms with Gasteiger partial charge in [0.05, 0.1) is 36.0 Å². The average Bonchev–Trinajstić information content (AvgIpc) is 3.42. The third-order valence-corrected chi connectivity index (χ3v) is 9.70. The number of amides is 2. The van der Waals surface area contributed by atoms with E-state index in [9.17, 15) is 38.7 Å². The molecule has 2 aromatic carbocycles. The molecule has 0 spiro atoms. The number of morpholine rings is 1. The lowest BCUT2D eigenvalue weighted by Crippen LogP contribution is -2.48. The number of fused-ring (bicyclic) bond motifs is 3. The van der Waals surface area contributed by atoms with Crippen LogP contribution < -0.4 is 19.3 Å². The number of carbonyl (C=O) groups is 1. The van der Waals surface area contributed by atoms with Gasteiger partial charge in [-0.15, -0.1) is 0 Å². The normalized spacial score (nSPS) is 16.2. The first-order valence-electron chi connectivity index (χ1n) is 15.0. The van der Waals surface area contributed by atoms with E-state index in [1.54, 1.807) is 31.2 Å². The summed E-state index contributed by atoms with van der Waals surface area (Å²) in [6.07, 6.45) is -2.75. The van der Waals surface area contributed by atoms with Crippen LogP contribution in [0.15, 0.2) is 53.6 Å². The number of hydrogen-bond donors (Lipinski definition) is 5. The number of hydrogen-bond acceptors (Lipinski definition) is 13. The summed E-state index contributed by atoms with van der Waals surface area (Å²) in [5, 5.41) is 47.3. The predicted octanol–water partition coefficient (Wildman–Crippen LogP) is 0.460. The van der Waals surface area contributed by atoms with Crippen LogP contribution in [0, 0.1) is 11.6 Å². The van der Waals surface area contributed by atoms with Gasteiger partial charge in [-0.2, -0.15) is 0 Å². The van der Waals surface area contributed by atoms with E-state index < -0.39 is 63.5 Å². The molecular weight excluding hydrogens is 687 g/mol. The molecule has 6 rings (SSSR count). The van der Waals surface area contributed by atoms with Gasteiger partial charge in [0.15, 0.2) is 28.8 Å². The van der Waals surface area contributed by atoms with E-state index in [0.717, 1.165) is 8.87 Å². The van der Waals surface area contributed by atoms with Crippen LogP contribution in [-0.2, 0) is 27.8 Å². The van der Waals surface area contributed by atoms with Crippen LogP contribution in [0.4, 0.5) is 25.0 Å². The maximum Gasteiger partial charge on any atom is 0.453 e. The second-order valence-corrected chi connectivity index (χ2v) is 13.2. The summed E-state index contributed by atoms with van der Waals surface area (Å²) in [4.78, 5) is 22.2. The Kier molecular flexibility index (Phi) is 9.24. The summed E-state index contributed by atoms with van der Waals surface area (Å²) in [5.41, 5.74) is -0.482. The van der Waals surface area contributed by atoms with Gasteiger partial charge in [0, 0.05) is 49.4 Å². The molecule has 2 aromatic heterocycles. The molecule has 2 radical (unpaired) electrons. The zero-order chi connectivity index (χ0) is 36.2. The largest absolute Gasteiger partial charge is 0.453 e. The van der Waals surface area contributed by atoms with Gasteiger partial charge < -0.3 is 39.7 Å². The lowest BCUT2D eigenvalue weighted by molar-refractivity contribution is -0.420. The van der Waals surface area contributed by atoms with Gasteiger partial charge in [0.25, 0.3) is 15.9 Å². The van der Waals surface area contributed by atoms with E-state index in [2.05, 4.69) is 14.5 Å². The van der Waals surface area contributed by atoms with E-state index in [-0.39, 0.29) is 46.3 Å². The molecule has 0 aliphatic carbocycles. The van der Waals surface area contributed by atoms with Gasteiger partial charge in [0.1, 0.15) is 5.69 Å². The van der Waals surface area contributed by atoms with Crippen LogP contribution >= 0.6 is 0 Å². The Hall–Kier alpha value is -4.41. The Morgan fingerprint density at radius 2 is 1.62 bits per heavy atom. The summed E-state index contributed by atoms with van der Waals surface area (Å²) in [6.45, 7) is 2.99. The minimum absolute atomic E-state index is 0.00522. The highest BCUT2D eigenvalue weighted by atomic mass is 32.2. The Bertz CT molecular complexity index is 2010. The van der Waals surface area contributed by atoms with Gasteiger partial charge in [-0.05, 0) is 25.1 Å². The maximum atomic E-state index is 15.9. The van der Waals surface area contributed by atoms with E-state index in [1.807, 2.05) is 4.90 Å². The van der Waals surface area contributed by atoms with Crippen molar-refractivity contribution in [2.24, 2.45) is 0 Å². The van der Waals surface area contributed by atoms with Crippen molar-refractivity contribution in [2.45, 2.75) is 36.9 Å². The number of halogens is 2. The van der Waals surface area contributed by atoms with E-state index >= 15 is 8.78 Å². The molecule has 2 amide bonds. The molecule has 0 saturated carbocycles. The van der Waals surface area contributed by atoms with Crippen molar-refractivity contribution in [1.29, 1.82) is 0 Å². The number of rotatable bonds is 10. The highest BCUT2D eigenvalue weighted by molar-refractivity contribution is 7.90. The topological polar surface area (TPSA) is 208 Å². The molecule has 2 aliphatic heterocycles. The minimum atomic E-state index is -4.23. The summed E-state index contributed by atoms with van der Waals surface area (Å²) < 4.78 is 75.4. The molecule has 264 valence electrons. The second kappa shape index (κ2) is 13.0. The molecule has 2 aliphatic rings. The lowest BCUT2D eigenvalue weighted by atomic mass is 10.1. The minimum Gasteiger partial charge on any atom is -0.446 e. The van der Waals surface area contributed by atoms with Gasteiger partial charge in [-0.3, -0.25) is 14.7 Å². The van der Waals surface area contributed by atoms with Crippen molar-refractivity contribution in [3.63, 3.8) is 0 Å². The molecule has 20 heteroatoms. The van der Waals surface area contributed by atoms with Crippen molar-refractivity contribution in [3.05, 3.63) is 71.6 Å². The Morgan fingerprint density at radius 3 is 2.22 bits per heavy atom. The van der Waals surface area contributed by atoms with Crippen molar-refractivity contribution in [2.75, 3.05) is 42.6 Å². The van der Waals surface area contributed by atoms with E-state index in [4.69, 9.17) is 12.6 Å². The molecule has 5 N–H and O–H groups in total. The number of benzene rings is 2. The summed E-state index contributed by atoms with van der Waals surface area (Å²) in [7, 11) is 0.767. The number of urea groups is 1. The first-order chi connectivity index (χ1) is 23.5. The van der Waals surface area contributed by atoms with Crippen LogP contribution in [0.1, 0.15) is 18.2 Å². The first kappa shape index (κ1) is 35.4. The molecule has 1 fully saturated rings. The number of aromatic nitrogens is 2. The number of aliphatic hydroxyl groups is 5. The zero-order valence-electron chi connectivity index (χ0n) is 26.2. The van der Waals surface area contributed by atoms with Gasteiger partial charge >= 0.3 is 12.2 Å². The maximum absolute atomic E-state index is 15.9. The second-order valence-electron chi connectivity index (χ2n) is 11.4. The van der Waals surface area contributed by atoms with Crippen molar-refractivity contribution in [3.8, 4) is 11.5 Å². The third kappa shape index (κ3) is 6.71. The highest BCUT2D eigenvalue weighted by Gasteiger charge is 2.40.